The van der Waals surface area contributed by atoms with Crippen molar-refractivity contribution >= 4 is 11.9 Å². The number of carboxylic acids is 1. The van der Waals surface area contributed by atoms with Crippen molar-refractivity contribution in [3.05, 3.63) is 24.0 Å². The number of aromatic nitrogens is 1. The number of nitrogens with zero attached hydrogens (tertiary/aromatic N) is 2. The zero-order valence-electron chi connectivity index (χ0n) is 9.80. The number of rotatable bonds is 3. The topological polar surface area (TPSA) is 62.5 Å². The zero-order chi connectivity index (χ0) is 12.4. The van der Waals surface area contributed by atoms with E-state index in [0.29, 0.717) is 25.2 Å². The number of hydrogen-bond acceptors (Lipinski definition) is 2. The molecule has 1 aromatic rings. The summed E-state index contributed by atoms with van der Waals surface area (Å²) in [5.74, 6) is -1.09. The standard InChI is InChI=1S/C12H16N2O3/c1-2-13-7-3-5-9(13)11(15)14-8-4-6-10(14)12(16)17/h3,5,7,10H,2,4,6,8H2,1H3,(H,16,17)/t10-/m0/s1. The van der Waals surface area contributed by atoms with E-state index >= 15 is 0 Å². The van der Waals surface area contributed by atoms with E-state index in [1.165, 1.54) is 4.90 Å². The van der Waals surface area contributed by atoms with Crippen LogP contribution in [0.2, 0.25) is 0 Å². The molecular formula is C12H16N2O3. The number of carboxylic acid groups (broad SMARTS) is 1. The van der Waals surface area contributed by atoms with Gasteiger partial charge in [0.2, 0.25) is 0 Å². The Hall–Kier alpha value is -1.78. The van der Waals surface area contributed by atoms with Gasteiger partial charge in [0, 0.05) is 19.3 Å². The Bertz CT molecular complexity index is 439. The van der Waals surface area contributed by atoms with Crippen LogP contribution in [0.4, 0.5) is 0 Å². The van der Waals surface area contributed by atoms with E-state index in [4.69, 9.17) is 5.11 Å². The first-order valence-electron chi connectivity index (χ1n) is 5.84. The van der Waals surface area contributed by atoms with E-state index in [2.05, 4.69) is 0 Å². The first-order chi connectivity index (χ1) is 8.15. The third kappa shape index (κ3) is 2.05. The van der Waals surface area contributed by atoms with Gasteiger partial charge < -0.3 is 14.6 Å². The first kappa shape index (κ1) is 11.7. The zero-order valence-corrected chi connectivity index (χ0v) is 9.80. The summed E-state index contributed by atoms with van der Waals surface area (Å²) in [6.45, 7) is 3.19. The Balaban J connectivity index is 2.23. The summed E-state index contributed by atoms with van der Waals surface area (Å²) in [4.78, 5) is 24.7. The molecule has 5 nitrogen and oxygen atoms in total. The van der Waals surface area contributed by atoms with Gasteiger partial charge in [-0.05, 0) is 31.9 Å². The lowest BCUT2D eigenvalue weighted by atomic mass is 10.2. The van der Waals surface area contributed by atoms with Crippen LogP contribution in [-0.4, -0.2) is 39.0 Å². The van der Waals surface area contributed by atoms with E-state index < -0.39 is 12.0 Å². The number of amides is 1. The highest BCUT2D eigenvalue weighted by Crippen LogP contribution is 2.20. The molecule has 0 saturated carbocycles. The molecule has 17 heavy (non-hydrogen) atoms. The summed E-state index contributed by atoms with van der Waals surface area (Å²) < 4.78 is 1.83. The maximum atomic E-state index is 12.2. The van der Waals surface area contributed by atoms with Gasteiger partial charge in [0.15, 0.2) is 0 Å². The molecule has 1 amide bonds. The molecule has 2 rings (SSSR count). The van der Waals surface area contributed by atoms with Crippen molar-refractivity contribution in [2.45, 2.75) is 32.4 Å². The van der Waals surface area contributed by atoms with E-state index in [0.717, 1.165) is 6.42 Å². The number of aryl methyl sites for hydroxylation is 1. The minimum Gasteiger partial charge on any atom is -0.480 e. The minimum atomic E-state index is -0.912. The molecule has 1 aromatic heterocycles. The van der Waals surface area contributed by atoms with Crippen LogP contribution in [0.15, 0.2) is 18.3 Å². The minimum absolute atomic E-state index is 0.179. The van der Waals surface area contributed by atoms with Crippen molar-refractivity contribution in [1.29, 1.82) is 0 Å². The van der Waals surface area contributed by atoms with Crippen LogP contribution in [-0.2, 0) is 11.3 Å². The Morgan fingerprint density at radius 3 is 2.94 bits per heavy atom. The first-order valence-corrected chi connectivity index (χ1v) is 5.84. The van der Waals surface area contributed by atoms with Crippen LogP contribution in [0.1, 0.15) is 30.3 Å². The Labute approximate surface area is 99.6 Å². The molecule has 5 heteroatoms. The molecule has 0 spiro atoms. The molecule has 0 aliphatic carbocycles. The van der Waals surface area contributed by atoms with Crippen molar-refractivity contribution in [3.63, 3.8) is 0 Å². The van der Waals surface area contributed by atoms with Crippen molar-refractivity contribution in [2.24, 2.45) is 0 Å². The SMILES string of the molecule is CCn1cccc1C(=O)N1CCC[C@H]1C(=O)O. The van der Waals surface area contributed by atoms with Crippen LogP contribution < -0.4 is 0 Å². The average molecular weight is 236 g/mol. The second-order valence-corrected chi connectivity index (χ2v) is 4.17. The maximum absolute atomic E-state index is 12.2. The predicted molar refractivity (Wildman–Crippen MR) is 61.8 cm³/mol. The Morgan fingerprint density at radius 1 is 1.53 bits per heavy atom. The molecule has 2 heterocycles. The van der Waals surface area contributed by atoms with Gasteiger partial charge in [0.25, 0.3) is 5.91 Å². The van der Waals surface area contributed by atoms with E-state index in [-0.39, 0.29) is 5.91 Å². The van der Waals surface area contributed by atoms with Gasteiger partial charge in [-0.3, -0.25) is 4.79 Å². The number of carbonyl (C=O) groups is 2. The summed E-state index contributed by atoms with van der Waals surface area (Å²) in [7, 11) is 0. The van der Waals surface area contributed by atoms with Crippen molar-refractivity contribution in [2.75, 3.05) is 6.54 Å². The predicted octanol–water partition coefficient (Wildman–Crippen LogP) is 1.20. The van der Waals surface area contributed by atoms with Crippen molar-refractivity contribution in [1.82, 2.24) is 9.47 Å². The van der Waals surface area contributed by atoms with Crippen LogP contribution in [0.3, 0.4) is 0 Å². The second kappa shape index (κ2) is 4.61. The maximum Gasteiger partial charge on any atom is 0.326 e. The lowest BCUT2D eigenvalue weighted by molar-refractivity contribution is -0.141. The molecule has 92 valence electrons. The van der Waals surface area contributed by atoms with Crippen LogP contribution in [0, 0.1) is 0 Å². The van der Waals surface area contributed by atoms with Gasteiger partial charge in [-0.15, -0.1) is 0 Å². The van der Waals surface area contributed by atoms with Gasteiger partial charge in [-0.2, -0.15) is 0 Å². The molecule has 1 fully saturated rings. The molecule has 1 N–H and O–H groups in total. The summed E-state index contributed by atoms with van der Waals surface area (Å²) in [5.41, 5.74) is 0.570. The molecule has 1 saturated heterocycles. The lowest BCUT2D eigenvalue weighted by Gasteiger charge is -2.21. The Morgan fingerprint density at radius 2 is 2.29 bits per heavy atom. The smallest absolute Gasteiger partial charge is 0.326 e. The van der Waals surface area contributed by atoms with Gasteiger partial charge in [0.05, 0.1) is 0 Å². The number of hydrogen-bond donors (Lipinski definition) is 1. The van der Waals surface area contributed by atoms with Gasteiger partial charge in [0.1, 0.15) is 11.7 Å². The average Bonchev–Trinajstić information content (AvgIpc) is 2.96. The van der Waals surface area contributed by atoms with E-state index in [9.17, 15) is 9.59 Å². The highest BCUT2D eigenvalue weighted by Gasteiger charge is 2.35. The summed E-state index contributed by atoms with van der Waals surface area (Å²) in [5, 5.41) is 9.06. The highest BCUT2D eigenvalue weighted by molar-refractivity contribution is 5.95. The molecule has 1 atom stereocenters. The van der Waals surface area contributed by atoms with Crippen LogP contribution >= 0.6 is 0 Å². The number of carbonyl (C=O) groups excluding carboxylic acids is 1. The van der Waals surface area contributed by atoms with Crippen LogP contribution in [0.5, 0.6) is 0 Å². The molecule has 0 radical (unpaired) electrons. The highest BCUT2D eigenvalue weighted by atomic mass is 16.4. The molecule has 0 unspecified atom stereocenters. The molecule has 1 aliphatic heterocycles. The molecule has 0 aromatic carbocycles. The Kier molecular flexibility index (Phi) is 3.17. The quantitative estimate of drug-likeness (QED) is 0.857. The fraction of sp³-hybridized carbons (Fsp3) is 0.500. The molecular weight excluding hydrogens is 220 g/mol. The fourth-order valence-corrected chi connectivity index (χ4v) is 2.30. The molecule has 0 bridgehead atoms. The summed E-state index contributed by atoms with van der Waals surface area (Å²) in [6.07, 6.45) is 3.14. The third-order valence-electron chi connectivity index (χ3n) is 3.19. The van der Waals surface area contributed by atoms with Crippen molar-refractivity contribution in [3.8, 4) is 0 Å². The van der Waals surface area contributed by atoms with Gasteiger partial charge >= 0.3 is 5.97 Å². The van der Waals surface area contributed by atoms with Gasteiger partial charge in [-0.1, -0.05) is 0 Å². The van der Waals surface area contributed by atoms with E-state index in [1.807, 2.05) is 23.8 Å². The third-order valence-corrected chi connectivity index (χ3v) is 3.19. The second-order valence-electron chi connectivity index (χ2n) is 4.17. The molecule has 1 aliphatic rings. The summed E-state index contributed by atoms with van der Waals surface area (Å²) >= 11 is 0. The largest absolute Gasteiger partial charge is 0.480 e. The fourth-order valence-electron chi connectivity index (χ4n) is 2.30. The van der Waals surface area contributed by atoms with Crippen molar-refractivity contribution < 1.29 is 14.7 Å². The van der Waals surface area contributed by atoms with E-state index in [1.54, 1.807) is 6.07 Å². The normalized spacial score (nSPS) is 19.6. The number of likely N-dealkylation sites (tertiary alicyclic amines) is 1. The summed E-state index contributed by atoms with van der Waals surface area (Å²) in [6, 6.07) is 2.88. The monoisotopic (exact) mass is 236 g/mol. The van der Waals surface area contributed by atoms with Crippen LogP contribution in [0.25, 0.3) is 0 Å². The van der Waals surface area contributed by atoms with Gasteiger partial charge in [-0.25, -0.2) is 4.79 Å². The number of aliphatic carboxylic acids is 1. The lowest BCUT2D eigenvalue weighted by Crippen LogP contribution is -2.41.